The van der Waals surface area contributed by atoms with Crippen LogP contribution >= 0.6 is 23.4 Å². The number of thioether (sulfide) groups is 1. The summed E-state index contributed by atoms with van der Waals surface area (Å²) in [5.41, 5.74) is 1.40. The van der Waals surface area contributed by atoms with Crippen LogP contribution in [-0.4, -0.2) is 41.0 Å². The van der Waals surface area contributed by atoms with Gasteiger partial charge in [0.25, 0.3) is 0 Å². The second-order valence-corrected chi connectivity index (χ2v) is 8.67. The Balaban J connectivity index is 1.34. The van der Waals surface area contributed by atoms with E-state index in [2.05, 4.69) is 10.6 Å². The summed E-state index contributed by atoms with van der Waals surface area (Å²) in [6.45, 7) is 0.914. The first-order valence-electron chi connectivity index (χ1n) is 9.43. The molecule has 2 aromatic carbocycles. The van der Waals surface area contributed by atoms with Crippen molar-refractivity contribution in [3.8, 4) is 0 Å². The zero-order chi connectivity index (χ0) is 20.4. The summed E-state index contributed by atoms with van der Waals surface area (Å²) >= 11 is 7.24. The molecule has 29 heavy (non-hydrogen) atoms. The van der Waals surface area contributed by atoms with E-state index in [1.807, 2.05) is 24.3 Å². The third-order valence-electron chi connectivity index (χ3n) is 5.12. The van der Waals surface area contributed by atoms with Crippen LogP contribution in [0.4, 0.5) is 11.4 Å². The van der Waals surface area contributed by atoms with E-state index in [0.29, 0.717) is 36.6 Å². The number of likely N-dealkylation sites (tertiary alicyclic amines) is 1. The van der Waals surface area contributed by atoms with Gasteiger partial charge in [0.1, 0.15) is 0 Å². The van der Waals surface area contributed by atoms with Crippen LogP contribution in [0.25, 0.3) is 0 Å². The molecule has 6 nitrogen and oxygen atoms in total. The summed E-state index contributed by atoms with van der Waals surface area (Å²) in [5, 5.41) is 5.46. The maximum atomic E-state index is 12.9. The highest BCUT2D eigenvalue weighted by Gasteiger charge is 2.37. The van der Waals surface area contributed by atoms with Gasteiger partial charge in [-0.05, 0) is 43.2 Å². The Bertz CT molecular complexity index is 960. The molecule has 0 unspecified atom stereocenters. The Morgan fingerprint density at radius 1 is 1.10 bits per heavy atom. The number of benzene rings is 2. The number of carbonyl (C=O) groups is 3. The first-order chi connectivity index (χ1) is 14.0. The first kappa shape index (κ1) is 19.8. The Hall–Kier alpha value is -2.51. The third-order valence-corrected chi connectivity index (χ3v) is 6.62. The smallest absolute Gasteiger partial charge is 0.247 e. The van der Waals surface area contributed by atoms with Gasteiger partial charge in [-0.3, -0.25) is 14.4 Å². The number of piperidine rings is 1. The molecule has 1 fully saturated rings. The van der Waals surface area contributed by atoms with Crippen LogP contribution in [0.15, 0.2) is 53.4 Å². The minimum atomic E-state index is -0.790. The highest BCUT2D eigenvalue weighted by atomic mass is 35.5. The topological polar surface area (TPSA) is 78.5 Å². The lowest BCUT2D eigenvalue weighted by Crippen LogP contribution is -2.48. The van der Waals surface area contributed by atoms with Crippen molar-refractivity contribution in [1.82, 2.24) is 4.90 Å². The lowest BCUT2D eigenvalue weighted by Gasteiger charge is -2.34. The summed E-state index contributed by atoms with van der Waals surface area (Å²) < 4.78 is 0. The molecule has 0 radical (unpaired) electrons. The molecule has 150 valence electrons. The summed E-state index contributed by atoms with van der Waals surface area (Å²) in [6.07, 6.45) is 1.13. The van der Waals surface area contributed by atoms with Crippen LogP contribution in [0.5, 0.6) is 0 Å². The number of anilines is 2. The first-order valence-corrected chi connectivity index (χ1v) is 10.7. The Morgan fingerprint density at radius 2 is 1.86 bits per heavy atom. The molecular weight excluding hydrogens is 410 g/mol. The second-order valence-electron chi connectivity index (χ2n) is 7.08. The molecule has 4 rings (SSSR count). The highest BCUT2D eigenvalue weighted by molar-refractivity contribution is 8.01. The average Bonchev–Trinajstić information content (AvgIpc) is 2.73. The van der Waals surface area contributed by atoms with Crippen molar-refractivity contribution in [2.45, 2.75) is 23.0 Å². The van der Waals surface area contributed by atoms with E-state index in [0.717, 1.165) is 10.6 Å². The van der Waals surface area contributed by atoms with Gasteiger partial charge >= 0.3 is 0 Å². The molecule has 3 amide bonds. The van der Waals surface area contributed by atoms with Gasteiger partial charge in [0.2, 0.25) is 17.7 Å². The van der Waals surface area contributed by atoms with E-state index in [4.69, 9.17) is 11.6 Å². The van der Waals surface area contributed by atoms with Crippen LogP contribution in [0, 0.1) is 5.92 Å². The number of amides is 3. The molecule has 0 saturated carbocycles. The SMILES string of the molecule is O=C(Nc1cccc(Cl)c1)C1CCN(C(=O)[C@H]2Sc3ccccc3NC2=O)CC1. The maximum Gasteiger partial charge on any atom is 0.247 e. The number of rotatable bonds is 3. The number of halogens is 1. The number of hydrogen-bond acceptors (Lipinski definition) is 4. The van der Waals surface area contributed by atoms with Gasteiger partial charge in [-0.25, -0.2) is 0 Å². The van der Waals surface area contributed by atoms with E-state index < -0.39 is 5.25 Å². The van der Waals surface area contributed by atoms with Crippen LogP contribution < -0.4 is 10.6 Å². The van der Waals surface area contributed by atoms with Crippen molar-refractivity contribution in [1.29, 1.82) is 0 Å². The van der Waals surface area contributed by atoms with E-state index in [1.165, 1.54) is 11.8 Å². The lowest BCUT2D eigenvalue weighted by molar-refractivity contribution is -0.136. The number of fused-ring (bicyclic) bond motifs is 1. The zero-order valence-electron chi connectivity index (χ0n) is 15.6. The third kappa shape index (κ3) is 4.41. The summed E-state index contributed by atoms with van der Waals surface area (Å²) in [5.74, 6) is -0.736. The van der Waals surface area contributed by atoms with Crippen LogP contribution in [-0.2, 0) is 14.4 Å². The number of carbonyl (C=O) groups excluding carboxylic acids is 3. The van der Waals surface area contributed by atoms with Crippen LogP contribution in [0.1, 0.15) is 12.8 Å². The van der Waals surface area contributed by atoms with Gasteiger partial charge in [-0.2, -0.15) is 0 Å². The van der Waals surface area contributed by atoms with Crippen molar-refractivity contribution < 1.29 is 14.4 Å². The van der Waals surface area contributed by atoms with Crippen molar-refractivity contribution in [2.24, 2.45) is 5.92 Å². The Morgan fingerprint density at radius 3 is 2.62 bits per heavy atom. The fourth-order valence-corrected chi connectivity index (χ4v) is 4.82. The number of hydrogen-bond donors (Lipinski definition) is 2. The van der Waals surface area contributed by atoms with Crippen LogP contribution in [0.3, 0.4) is 0 Å². The van der Waals surface area contributed by atoms with Gasteiger partial charge in [0.05, 0.1) is 5.69 Å². The quantitative estimate of drug-likeness (QED) is 0.730. The largest absolute Gasteiger partial charge is 0.341 e. The predicted octanol–water partition coefficient (Wildman–Crippen LogP) is 3.63. The van der Waals surface area contributed by atoms with E-state index in [9.17, 15) is 14.4 Å². The number of para-hydroxylation sites is 1. The van der Waals surface area contributed by atoms with Gasteiger partial charge in [0, 0.05) is 34.6 Å². The predicted molar refractivity (Wildman–Crippen MR) is 114 cm³/mol. The molecule has 0 aromatic heterocycles. The molecular formula is C21H20ClN3O3S. The molecule has 2 aromatic rings. The normalized spacial score (nSPS) is 19.3. The van der Waals surface area contributed by atoms with Crippen molar-refractivity contribution in [3.63, 3.8) is 0 Å². The molecule has 0 aliphatic carbocycles. The standard InChI is InChI=1S/C21H20ClN3O3S/c22-14-4-3-5-15(12-14)23-19(26)13-8-10-25(11-9-13)21(28)18-20(27)24-16-6-1-2-7-17(16)29-18/h1-7,12-13,18H,8-11H2,(H,23,26)(H,24,27)/t18-/m0/s1. The van der Waals surface area contributed by atoms with E-state index in [-0.39, 0.29) is 23.6 Å². The van der Waals surface area contributed by atoms with Crippen molar-refractivity contribution >= 4 is 52.5 Å². The monoisotopic (exact) mass is 429 g/mol. The van der Waals surface area contributed by atoms with Crippen molar-refractivity contribution in [3.05, 3.63) is 53.6 Å². The molecule has 0 spiro atoms. The average molecular weight is 430 g/mol. The summed E-state index contributed by atoms with van der Waals surface area (Å²) in [4.78, 5) is 40.4. The van der Waals surface area contributed by atoms with Gasteiger partial charge in [-0.15, -0.1) is 11.8 Å². The molecule has 0 bridgehead atoms. The minimum Gasteiger partial charge on any atom is -0.341 e. The fraction of sp³-hybridized carbons (Fsp3) is 0.286. The Kier molecular flexibility index (Phi) is 5.78. The number of nitrogens with one attached hydrogen (secondary N) is 2. The summed E-state index contributed by atoms with van der Waals surface area (Å²) in [6, 6.07) is 14.5. The minimum absolute atomic E-state index is 0.0712. The molecule has 2 N–H and O–H groups in total. The fourth-order valence-electron chi connectivity index (χ4n) is 3.55. The molecule has 1 saturated heterocycles. The van der Waals surface area contributed by atoms with Gasteiger partial charge in [0.15, 0.2) is 5.25 Å². The van der Waals surface area contributed by atoms with E-state index >= 15 is 0 Å². The second kappa shape index (κ2) is 8.47. The van der Waals surface area contributed by atoms with Crippen molar-refractivity contribution in [2.75, 3.05) is 23.7 Å². The number of nitrogens with zero attached hydrogens (tertiary/aromatic N) is 1. The summed E-state index contributed by atoms with van der Waals surface area (Å²) in [7, 11) is 0. The maximum absolute atomic E-state index is 12.9. The molecule has 1 atom stereocenters. The lowest BCUT2D eigenvalue weighted by atomic mass is 9.95. The van der Waals surface area contributed by atoms with Gasteiger partial charge in [-0.1, -0.05) is 29.8 Å². The van der Waals surface area contributed by atoms with Gasteiger partial charge < -0.3 is 15.5 Å². The van der Waals surface area contributed by atoms with E-state index in [1.54, 1.807) is 29.2 Å². The molecule has 2 heterocycles. The molecule has 2 aliphatic rings. The zero-order valence-corrected chi connectivity index (χ0v) is 17.1. The highest BCUT2D eigenvalue weighted by Crippen LogP contribution is 2.36. The molecule has 2 aliphatic heterocycles. The Labute approximate surface area is 178 Å². The van der Waals surface area contributed by atoms with Crippen LogP contribution in [0.2, 0.25) is 5.02 Å². The molecule has 8 heteroatoms.